The van der Waals surface area contributed by atoms with Crippen LogP contribution < -0.4 is 0 Å². The topological polar surface area (TPSA) is 17.8 Å². The van der Waals surface area contributed by atoms with Crippen molar-refractivity contribution in [2.45, 2.75) is 6.92 Å². The van der Waals surface area contributed by atoms with Crippen LogP contribution >= 0.6 is 0 Å². The zero-order chi connectivity index (χ0) is 21.5. The second kappa shape index (κ2) is 7.51. The molecule has 0 unspecified atom stereocenters. The molecule has 0 radical (unpaired) electrons. The molecule has 1 heterocycles. The second-order valence-corrected chi connectivity index (χ2v) is 8.16. The summed E-state index contributed by atoms with van der Waals surface area (Å²) in [5.74, 6) is 0. The van der Waals surface area contributed by atoms with Crippen molar-refractivity contribution in [3.63, 3.8) is 0 Å². The van der Waals surface area contributed by atoms with Crippen LogP contribution in [0.5, 0.6) is 0 Å². The van der Waals surface area contributed by atoms with Crippen LogP contribution in [0.3, 0.4) is 0 Å². The Morgan fingerprint density at radius 3 is 1.75 bits per heavy atom. The molecule has 0 aliphatic heterocycles. The van der Waals surface area contributed by atoms with Gasteiger partial charge in [-0.3, -0.25) is 0 Å². The van der Waals surface area contributed by atoms with Crippen LogP contribution in [0.4, 0.5) is 0 Å². The summed E-state index contributed by atoms with van der Waals surface area (Å²) in [6.07, 6.45) is 5.77. The van der Waals surface area contributed by atoms with Gasteiger partial charge in [0.1, 0.15) is 0 Å². The van der Waals surface area contributed by atoms with Gasteiger partial charge in [-0.1, -0.05) is 97.1 Å². The van der Waals surface area contributed by atoms with Crippen molar-refractivity contribution in [1.82, 2.24) is 9.55 Å². The average molecular weight is 411 g/mol. The zero-order valence-electron chi connectivity index (χ0n) is 17.9. The molecule has 32 heavy (non-hydrogen) atoms. The van der Waals surface area contributed by atoms with Gasteiger partial charge in [0.25, 0.3) is 0 Å². The van der Waals surface area contributed by atoms with E-state index in [-0.39, 0.29) is 0 Å². The number of hydrogen-bond donors (Lipinski definition) is 0. The Hall–Kier alpha value is -4.17. The van der Waals surface area contributed by atoms with Gasteiger partial charge in [-0.2, -0.15) is 0 Å². The predicted molar refractivity (Wildman–Crippen MR) is 134 cm³/mol. The highest BCUT2D eigenvalue weighted by Gasteiger charge is 2.17. The normalized spacial score (nSPS) is 11.3. The van der Waals surface area contributed by atoms with Gasteiger partial charge in [-0.15, -0.1) is 0 Å². The van der Waals surface area contributed by atoms with Gasteiger partial charge in [0.2, 0.25) is 0 Å². The van der Waals surface area contributed by atoms with Gasteiger partial charge in [-0.25, -0.2) is 4.98 Å². The van der Waals surface area contributed by atoms with E-state index in [1.54, 1.807) is 0 Å². The van der Waals surface area contributed by atoms with E-state index in [1.807, 2.05) is 18.7 Å². The maximum Gasteiger partial charge on any atom is 0.0992 e. The monoisotopic (exact) mass is 410 g/mol. The largest absolute Gasteiger partial charge is 0.305 e. The van der Waals surface area contributed by atoms with Gasteiger partial charge in [0.05, 0.1) is 12.0 Å². The van der Waals surface area contributed by atoms with Crippen molar-refractivity contribution in [1.29, 1.82) is 0 Å². The highest BCUT2D eigenvalue weighted by atomic mass is 15.0. The van der Waals surface area contributed by atoms with Crippen molar-refractivity contribution in [3.8, 4) is 27.9 Å². The maximum atomic E-state index is 4.35. The summed E-state index contributed by atoms with van der Waals surface area (Å²) in [4.78, 5) is 4.35. The van der Waals surface area contributed by atoms with Gasteiger partial charge >= 0.3 is 0 Å². The van der Waals surface area contributed by atoms with Crippen molar-refractivity contribution >= 4 is 21.5 Å². The fourth-order valence-electron chi connectivity index (χ4n) is 4.85. The number of aromatic nitrogens is 2. The molecular weight excluding hydrogens is 388 g/mol. The van der Waals surface area contributed by atoms with E-state index in [4.69, 9.17) is 0 Å². The fourth-order valence-corrected chi connectivity index (χ4v) is 4.85. The summed E-state index contributed by atoms with van der Waals surface area (Å²) in [5.41, 5.74) is 7.36. The third-order valence-corrected chi connectivity index (χ3v) is 6.35. The molecule has 0 N–H and O–H groups in total. The summed E-state index contributed by atoms with van der Waals surface area (Å²) in [6, 6.07) is 34.8. The molecular formula is C30H22N2. The Balaban J connectivity index is 1.67. The van der Waals surface area contributed by atoms with E-state index in [0.717, 1.165) is 0 Å². The van der Waals surface area contributed by atoms with Crippen LogP contribution in [0.25, 0.3) is 49.5 Å². The number of rotatable bonds is 3. The van der Waals surface area contributed by atoms with Crippen LogP contribution in [-0.2, 0) is 0 Å². The Labute approximate surface area is 187 Å². The SMILES string of the molecule is Cc1c(-c2cccc3ccccc23)ccc(-c2cccc3ccccc23)c1-n1ccnc1. The molecule has 6 rings (SSSR count). The second-order valence-electron chi connectivity index (χ2n) is 8.16. The third-order valence-electron chi connectivity index (χ3n) is 6.35. The van der Waals surface area contributed by atoms with E-state index in [2.05, 4.69) is 114 Å². The Bertz CT molecular complexity index is 1570. The van der Waals surface area contributed by atoms with Crippen LogP contribution in [0.1, 0.15) is 5.56 Å². The molecule has 6 aromatic rings. The lowest BCUT2D eigenvalue weighted by atomic mass is 9.89. The summed E-state index contributed by atoms with van der Waals surface area (Å²) < 4.78 is 2.14. The predicted octanol–water partition coefficient (Wildman–Crippen LogP) is 7.82. The van der Waals surface area contributed by atoms with E-state index in [0.29, 0.717) is 0 Å². The number of nitrogens with zero attached hydrogens (tertiary/aromatic N) is 2. The third kappa shape index (κ3) is 2.92. The first-order valence-corrected chi connectivity index (χ1v) is 10.9. The molecule has 0 aliphatic carbocycles. The Kier molecular flexibility index (Phi) is 4.36. The minimum absolute atomic E-state index is 1.17. The number of fused-ring (bicyclic) bond motifs is 2. The minimum atomic E-state index is 1.17. The summed E-state index contributed by atoms with van der Waals surface area (Å²) in [6.45, 7) is 2.22. The van der Waals surface area contributed by atoms with Crippen LogP contribution in [0.15, 0.2) is 116 Å². The van der Waals surface area contributed by atoms with E-state index < -0.39 is 0 Å². The van der Waals surface area contributed by atoms with Gasteiger partial charge < -0.3 is 4.57 Å². The fraction of sp³-hybridized carbons (Fsp3) is 0.0333. The molecule has 0 aliphatic rings. The van der Waals surface area contributed by atoms with E-state index >= 15 is 0 Å². The lowest BCUT2D eigenvalue weighted by Gasteiger charge is -2.19. The quantitative estimate of drug-likeness (QED) is 0.291. The summed E-state index contributed by atoms with van der Waals surface area (Å²) in [7, 11) is 0. The lowest BCUT2D eigenvalue weighted by molar-refractivity contribution is 1.04. The first-order chi connectivity index (χ1) is 15.8. The van der Waals surface area contributed by atoms with Crippen LogP contribution in [0, 0.1) is 6.92 Å². The summed E-state index contributed by atoms with van der Waals surface area (Å²) >= 11 is 0. The van der Waals surface area contributed by atoms with Gasteiger partial charge in [-0.05, 0) is 50.7 Å². The van der Waals surface area contributed by atoms with Crippen molar-refractivity contribution in [2.75, 3.05) is 0 Å². The van der Waals surface area contributed by atoms with Crippen molar-refractivity contribution in [3.05, 3.63) is 121 Å². The molecule has 0 saturated carbocycles. The molecule has 2 heteroatoms. The Morgan fingerprint density at radius 2 is 1.12 bits per heavy atom. The van der Waals surface area contributed by atoms with E-state index in [1.165, 1.54) is 55.0 Å². The molecule has 1 aromatic heterocycles. The molecule has 0 spiro atoms. The number of hydrogen-bond acceptors (Lipinski definition) is 1. The first-order valence-electron chi connectivity index (χ1n) is 10.9. The first kappa shape index (κ1) is 18.6. The molecule has 0 fully saturated rings. The lowest BCUT2D eigenvalue weighted by Crippen LogP contribution is -2.00. The molecule has 2 nitrogen and oxygen atoms in total. The molecule has 5 aromatic carbocycles. The number of benzene rings is 5. The van der Waals surface area contributed by atoms with E-state index in [9.17, 15) is 0 Å². The molecule has 152 valence electrons. The molecule has 0 atom stereocenters. The number of imidazole rings is 1. The Morgan fingerprint density at radius 1 is 0.562 bits per heavy atom. The maximum absolute atomic E-state index is 4.35. The molecule has 0 bridgehead atoms. The highest BCUT2D eigenvalue weighted by Crippen LogP contribution is 2.40. The average Bonchev–Trinajstić information content (AvgIpc) is 3.38. The zero-order valence-corrected chi connectivity index (χ0v) is 17.9. The smallest absolute Gasteiger partial charge is 0.0992 e. The van der Waals surface area contributed by atoms with Crippen LogP contribution in [-0.4, -0.2) is 9.55 Å². The van der Waals surface area contributed by atoms with Gasteiger partial charge in [0.15, 0.2) is 0 Å². The van der Waals surface area contributed by atoms with Gasteiger partial charge in [0, 0.05) is 18.0 Å². The minimum Gasteiger partial charge on any atom is -0.305 e. The highest BCUT2D eigenvalue weighted by molar-refractivity contribution is 6.02. The molecule has 0 amide bonds. The van der Waals surface area contributed by atoms with Crippen molar-refractivity contribution < 1.29 is 0 Å². The summed E-state index contributed by atoms with van der Waals surface area (Å²) in [5, 5.41) is 5.03. The van der Waals surface area contributed by atoms with Crippen LogP contribution in [0.2, 0.25) is 0 Å². The molecule has 0 saturated heterocycles. The standard InChI is InChI=1S/C30H22N2/c1-21-24(27-14-6-10-22-8-2-4-12-25(22)27)16-17-29(30(21)32-19-18-31-20-32)28-15-7-11-23-9-3-5-13-26(23)28/h2-20H,1H3. The van der Waals surface area contributed by atoms with Crippen molar-refractivity contribution in [2.24, 2.45) is 0 Å².